The van der Waals surface area contributed by atoms with Crippen molar-refractivity contribution < 1.29 is 14.0 Å². The largest absolute Gasteiger partial charge is 0.366 e. The number of amides is 2. The standard InChI is InChI=1S/C16H15FN2O2S/c17-12-3-1-9(2-4-12)10-5-13(6-10)19-16(21)14-7-11(8-22-14)15(18)20/h1-4,7-8,10,13H,5-6H2,(H2,18,20)(H,19,21). The van der Waals surface area contributed by atoms with Crippen LogP contribution in [0, 0.1) is 5.82 Å². The number of carbonyl (C=O) groups excluding carboxylic acids is 2. The van der Waals surface area contributed by atoms with Gasteiger partial charge in [0, 0.05) is 11.4 Å². The van der Waals surface area contributed by atoms with Gasteiger partial charge in [-0.3, -0.25) is 9.59 Å². The Morgan fingerprint density at radius 3 is 2.50 bits per heavy atom. The molecule has 1 aromatic heterocycles. The number of halogens is 1. The lowest BCUT2D eigenvalue weighted by molar-refractivity contribution is 0.0913. The molecular weight excluding hydrogens is 303 g/mol. The molecule has 114 valence electrons. The van der Waals surface area contributed by atoms with E-state index in [9.17, 15) is 14.0 Å². The van der Waals surface area contributed by atoms with Crippen molar-refractivity contribution in [2.45, 2.75) is 24.8 Å². The van der Waals surface area contributed by atoms with Gasteiger partial charge >= 0.3 is 0 Å². The van der Waals surface area contributed by atoms with Gasteiger partial charge in [0.05, 0.1) is 10.4 Å². The molecule has 2 aromatic rings. The number of hydrogen-bond acceptors (Lipinski definition) is 3. The highest BCUT2D eigenvalue weighted by Crippen LogP contribution is 2.37. The van der Waals surface area contributed by atoms with Crippen molar-refractivity contribution in [2.75, 3.05) is 0 Å². The molecule has 1 fully saturated rings. The molecule has 0 atom stereocenters. The van der Waals surface area contributed by atoms with E-state index < -0.39 is 5.91 Å². The molecule has 2 amide bonds. The van der Waals surface area contributed by atoms with Gasteiger partial charge in [-0.25, -0.2) is 4.39 Å². The summed E-state index contributed by atoms with van der Waals surface area (Å²) in [5, 5.41) is 4.52. The highest BCUT2D eigenvalue weighted by molar-refractivity contribution is 7.12. The minimum Gasteiger partial charge on any atom is -0.366 e. The summed E-state index contributed by atoms with van der Waals surface area (Å²) >= 11 is 1.21. The number of hydrogen-bond donors (Lipinski definition) is 2. The third-order valence-corrected chi connectivity index (χ3v) is 4.85. The molecule has 1 aromatic carbocycles. The van der Waals surface area contributed by atoms with Crippen LogP contribution in [0.25, 0.3) is 0 Å². The Kier molecular flexibility index (Phi) is 3.94. The lowest BCUT2D eigenvalue weighted by atomic mass is 9.76. The highest BCUT2D eigenvalue weighted by atomic mass is 32.1. The summed E-state index contributed by atoms with van der Waals surface area (Å²) in [6.07, 6.45) is 1.68. The molecule has 1 saturated carbocycles. The van der Waals surface area contributed by atoms with E-state index in [1.54, 1.807) is 17.5 Å². The third kappa shape index (κ3) is 3.01. The van der Waals surface area contributed by atoms with Gasteiger partial charge in [0.2, 0.25) is 5.91 Å². The second kappa shape index (κ2) is 5.88. The molecule has 0 saturated heterocycles. The number of rotatable bonds is 4. The maximum absolute atomic E-state index is 12.9. The van der Waals surface area contributed by atoms with E-state index >= 15 is 0 Å². The number of nitrogens with one attached hydrogen (secondary N) is 1. The van der Waals surface area contributed by atoms with Crippen molar-refractivity contribution in [2.24, 2.45) is 5.73 Å². The van der Waals surface area contributed by atoms with E-state index in [4.69, 9.17) is 5.73 Å². The molecule has 1 aliphatic rings. The topological polar surface area (TPSA) is 72.2 Å². The first-order valence-electron chi connectivity index (χ1n) is 6.97. The monoisotopic (exact) mass is 318 g/mol. The summed E-state index contributed by atoms with van der Waals surface area (Å²) in [6, 6.07) is 8.11. The smallest absolute Gasteiger partial charge is 0.261 e. The number of primary amides is 1. The minimum atomic E-state index is -0.532. The quantitative estimate of drug-likeness (QED) is 0.909. The normalized spacial score (nSPS) is 20.2. The lowest BCUT2D eigenvalue weighted by Crippen LogP contribution is -2.43. The van der Waals surface area contributed by atoms with E-state index in [-0.39, 0.29) is 17.8 Å². The number of thiophene rings is 1. The average molecular weight is 318 g/mol. The van der Waals surface area contributed by atoms with Gasteiger partial charge in [0.25, 0.3) is 5.91 Å². The van der Waals surface area contributed by atoms with Crippen LogP contribution in [0.4, 0.5) is 4.39 Å². The van der Waals surface area contributed by atoms with Crippen LogP contribution in [-0.4, -0.2) is 17.9 Å². The second-order valence-corrected chi connectivity index (χ2v) is 6.37. The molecule has 1 aliphatic carbocycles. The molecule has 0 radical (unpaired) electrons. The predicted octanol–water partition coefficient (Wildman–Crippen LogP) is 2.66. The van der Waals surface area contributed by atoms with Crippen LogP contribution >= 0.6 is 11.3 Å². The van der Waals surface area contributed by atoms with Crippen LogP contribution in [0.3, 0.4) is 0 Å². The fourth-order valence-electron chi connectivity index (χ4n) is 2.58. The Hall–Kier alpha value is -2.21. The van der Waals surface area contributed by atoms with Crippen LogP contribution in [-0.2, 0) is 0 Å². The molecule has 1 heterocycles. The van der Waals surface area contributed by atoms with Crippen molar-refractivity contribution in [3.63, 3.8) is 0 Å². The first kappa shape index (κ1) is 14.7. The van der Waals surface area contributed by atoms with Crippen molar-refractivity contribution >= 4 is 23.2 Å². The Balaban J connectivity index is 1.54. The molecule has 0 aliphatic heterocycles. The molecule has 3 N–H and O–H groups in total. The SMILES string of the molecule is NC(=O)c1csc(C(=O)NC2CC(c3ccc(F)cc3)C2)c1. The average Bonchev–Trinajstić information content (AvgIpc) is 2.93. The summed E-state index contributed by atoms with van der Waals surface area (Å²) in [4.78, 5) is 23.6. The van der Waals surface area contributed by atoms with Crippen LogP contribution in [0.2, 0.25) is 0 Å². The molecule has 0 spiro atoms. The minimum absolute atomic E-state index is 0.113. The van der Waals surface area contributed by atoms with E-state index in [0.717, 1.165) is 18.4 Å². The number of carbonyl (C=O) groups is 2. The summed E-state index contributed by atoms with van der Waals surface area (Å²) in [7, 11) is 0. The summed E-state index contributed by atoms with van der Waals surface area (Å²) < 4.78 is 12.9. The van der Waals surface area contributed by atoms with Crippen molar-refractivity contribution in [1.29, 1.82) is 0 Å². The first-order valence-corrected chi connectivity index (χ1v) is 7.85. The molecule has 0 unspecified atom stereocenters. The molecule has 3 rings (SSSR count). The zero-order valence-electron chi connectivity index (χ0n) is 11.7. The van der Waals surface area contributed by atoms with Crippen LogP contribution in [0.15, 0.2) is 35.7 Å². The van der Waals surface area contributed by atoms with E-state index in [0.29, 0.717) is 16.4 Å². The zero-order valence-corrected chi connectivity index (χ0v) is 12.5. The third-order valence-electron chi connectivity index (χ3n) is 3.92. The van der Waals surface area contributed by atoms with Crippen LogP contribution in [0.5, 0.6) is 0 Å². The summed E-state index contributed by atoms with van der Waals surface area (Å²) in [5.41, 5.74) is 6.62. The predicted molar refractivity (Wildman–Crippen MR) is 82.5 cm³/mol. The number of benzene rings is 1. The van der Waals surface area contributed by atoms with E-state index in [2.05, 4.69) is 5.32 Å². The fourth-order valence-corrected chi connectivity index (χ4v) is 3.38. The van der Waals surface area contributed by atoms with Crippen molar-refractivity contribution in [3.8, 4) is 0 Å². The lowest BCUT2D eigenvalue weighted by Gasteiger charge is -2.36. The van der Waals surface area contributed by atoms with Gasteiger partial charge in [-0.15, -0.1) is 11.3 Å². The molecule has 22 heavy (non-hydrogen) atoms. The van der Waals surface area contributed by atoms with Crippen LogP contribution in [0.1, 0.15) is 44.4 Å². The van der Waals surface area contributed by atoms with Crippen LogP contribution < -0.4 is 11.1 Å². The molecular formula is C16H15FN2O2S. The van der Waals surface area contributed by atoms with Crippen molar-refractivity contribution in [3.05, 3.63) is 57.5 Å². The van der Waals surface area contributed by atoms with E-state index in [1.807, 2.05) is 0 Å². The summed E-state index contributed by atoms with van der Waals surface area (Å²) in [5.74, 6) is -0.596. The Bertz CT molecular complexity index is 705. The fraction of sp³-hybridized carbons (Fsp3) is 0.250. The van der Waals surface area contributed by atoms with Crippen molar-refractivity contribution in [1.82, 2.24) is 5.32 Å². The first-order chi connectivity index (χ1) is 10.5. The zero-order chi connectivity index (χ0) is 15.7. The maximum Gasteiger partial charge on any atom is 0.261 e. The van der Waals surface area contributed by atoms with Gasteiger partial charge < -0.3 is 11.1 Å². The molecule has 4 nitrogen and oxygen atoms in total. The Morgan fingerprint density at radius 2 is 1.91 bits per heavy atom. The molecule has 6 heteroatoms. The highest BCUT2D eigenvalue weighted by Gasteiger charge is 2.31. The van der Waals surface area contributed by atoms with Gasteiger partial charge in [0.15, 0.2) is 0 Å². The van der Waals surface area contributed by atoms with E-state index in [1.165, 1.54) is 29.5 Å². The second-order valence-electron chi connectivity index (χ2n) is 5.45. The Labute approximate surface area is 131 Å². The van der Waals surface area contributed by atoms with Gasteiger partial charge in [-0.2, -0.15) is 0 Å². The van der Waals surface area contributed by atoms with Gasteiger partial charge in [-0.1, -0.05) is 12.1 Å². The summed E-state index contributed by atoms with van der Waals surface area (Å²) in [6.45, 7) is 0. The number of nitrogens with two attached hydrogens (primary N) is 1. The Morgan fingerprint density at radius 1 is 1.23 bits per heavy atom. The molecule has 0 bridgehead atoms. The maximum atomic E-state index is 12.9. The van der Waals surface area contributed by atoms with Gasteiger partial charge in [0.1, 0.15) is 5.82 Å². The van der Waals surface area contributed by atoms with Gasteiger partial charge in [-0.05, 0) is 42.5 Å².